The summed E-state index contributed by atoms with van der Waals surface area (Å²) in [5, 5.41) is 1.11. The number of thiocarbonyl (C=S) groups is 1. The number of hydrogen-bond acceptors (Lipinski definition) is 3. The average molecular weight is 268 g/mol. The Kier molecular flexibility index (Phi) is 2.97. The fourth-order valence-electron chi connectivity index (χ4n) is 2.06. The van der Waals surface area contributed by atoms with Crippen molar-refractivity contribution in [2.24, 2.45) is 5.73 Å². The summed E-state index contributed by atoms with van der Waals surface area (Å²) < 4.78 is 2.11. The van der Waals surface area contributed by atoms with Crippen LogP contribution >= 0.6 is 12.2 Å². The molecule has 0 fully saturated rings. The molecular formula is C14H12N4S. The van der Waals surface area contributed by atoms with Crippen molar-refractivity contribution in [1.29, 1.82) is 0 Å². The molecular weight excluding hydrogens is 256 g/mol. The SMILES string of the molecule is NC(=S)c1ccc2c(ccn2Cc2ncccn2)c1. The fraction of sp³-hybridized carbons (Fsp3) is 0.0714. The highest BCUT2D eigenvalue weighted by atomic mass is 32.1. The van der Waals surface area contributed by atoms with Gasteiger partial charge in [0, 0.05) is 35.1 Å². The van der Waals surface area contributed by atoms with Crippen LogP contribution in [-0.2, 0) is 6.54 Å². The Labute approximate surface area is 115 Å². The second-order valence-corrected chi connectivity index (χ2v) is 4.69. The highest BCUT2D eigenvalue weighted by Gasteiger charge is 2.05. The number of aromatic nitrogens is 3. The van der Waals surface area contributed by atoms with Gasteiger partial charge in [-0.1, -0.05) is 12.2 Å². The van der Waals surface area contributed by atoms with Crippen LogP contribution in [0.5, 0.6) is 0 Å². The van der Waals surface area contributed by atoms with E-state index in [1.165, 1.54) is 0 Å². The van der Waals surface area contributed by atoms with E-state index < -0.39 is 0 Å². The first-order valence-corrected chi connectivity index (χ1v) is 6.29. The Hall–Kier alpha value is -2.27. The Morgan fingerprint density at radius 2 is 2.00 bits per heavy atom. The lowest BCUT2D eigenvalue weighted by molar-refractivity contribution is 0.771. The molecule has 3 aromatic rings. The van der Waals surface area contributed by atoms with Crippen LogP contribution in [0.4, 0.5) is 0 Å². The number of nitrogens with two attached hydrogens (primary N) is 1. The van der Waals surface area contributed by atoms with Gasteiger partial charge >= 0.3 is 0 Å². The first-order chi connectivity index (χ1) is 9.24. The molecule has 0 unspecified atom stereocenters. The Morgan fingerprint density at radius 1 is 1.21 bits per heavy atom. The quantitative estimate of drug-likeness (QED) is 0.739. The van der Waals surface area contributed by atoms with Crippen LogP contribution in [0.3, 0.4) is 0 Å². The fourth-order valence-corrected chi connectivity index (χ4v) is 2.18. The minimum absolute atomic E-state index is 0.418. The van der Waals surface area contributed by atoms with Gasteiger partial charge in [0.15, 0.2) is 0 Å². The van der Waals surface area contributed by atoms with Crippen molar-refractivity contribution >= 4 is 28.1 Å². The molecule has 2 aromatic heterocycles. The molecule has 1 aromatic carbocycles. The van der Waals surface area contributed by atoms with Crippen LogP contribution in [0.25, 0.3) is 10.9 Å². The van der Waals surface area contributed by atoms with Crippen molar-refractivity contribution in [1.82, 2.24) is 14.5 Å². The molecule has 5 heteroatoms. The molecule has 94 valence electrons. The number of fused-ring (bicyclic) bond motifs is 1. The van der Waals surface area contributed by atoms with Gasteiger partial charge in [-0.15, -0.1) is 0 Å². The second kappa shape index (κ2) is 4.78. The van der Waals surface area contributed by atoms with Crippen LogP contribution < -0.4 is 5.73 Å². The van der Waals surface area contributed by atoms with E-state index in [4.69, 9.17) is 18.0 Å². The third-order valence-corrected chi connectivity index (χ3v) is 3.22. The van der Waals surface area contributed by atoms with Crippen molar-refractivity contribution < 1.29 is 0 Å². The van der Waals surface area contributed by atoms with Gasteiger partial charge in [-0.25, -0.2) is 9.97 Å². The smallest absolute Gasteiger partial charge is 0.147 e. The van der Waals surface area contributed by atoms with E-state index in [2.05, 4.69) is 14.5 Å². The molecule has 4 nitrogen and oxygen atoms in total. The van der Waals surface area contributed by atoms with E-state index in [1.807, 2.05) is 36.5 Å². The van der Waals surface area contributed by atoms with Gasteiger partial charge in [0.1, 0.15) is 10.8 Å². The van der Waals surface area contributed by atoms with Crippen molar-refractivity contribution in [3.05, 3.63) is 60.3 Å². The van der Waals surface area contributed by atoms with Crippen molar-refractivity contribution in [3.63, 3.8) is 0 Å². The monoisotopic (exact) mass is 268 g/mol. The molecule has 0 atom stereocenters. The molecule has 0 bridgehead atoms. The topological polar surface area (TPSA) is 56.7 Å². The van der Waals surface area contributed by atoms with Crippen molar-refractivity contribution in [3.8, 4) is 0 Å². The maximum absolute atomic E-state index is 5.64. The molecule has 0 aliphatic heterocycles. The van der Waals surface area contributed by atoms with Gasteiger partial charge in [0.2, 0.25) is 0 Å². The summed E-state index contributed by atoms with van der Waals surface area (Å²) in [6, 6.07) is 9.81. The van der Waals surface area contributed by atoms with Crippen molar-refractivity contribution in [2.45, 2.75) is 6.54 Å². The molecule has 3 rings (SSSR count). The lowest BCUT2D eigenvalue weighted by Gasteiger charge is -2.05. The Balaban J connectivity index is 1.99. The van der Waals surface area contributed by atoms with Crippen LogP contribution in [0.15, 0.2) is 48.9 Å². The highest BCUT2D eigenvalue weighted by Crippen LogP contribution is 2.18. The van der Waals surface area contributed by atoms with Crippen LogP contribution in [-0.4, -0.2) is 19.5 Å². The van der Waals surface area contributed by atoms with Gasteiger partial charge in [-0.2, -0.15) is 0 Å². The van der Waals surface area contributed by atoms with E-state index in [1.54, 1.807) is 12.4 Å². The summed E-state index contributed by atoms with van der Waals surface area (Å²) in [7, 11) is 0. The summed E-state index contributed by atoms with van der Waals surface area (Å²) in [6.07, 6.45) is 5.52. The summed E-state index contributed by atoms with van der Waals surface area (Å²) >= 11 is 4.99. The average Bonchev–Trinajstić information content (AvgIpc) is 2.82. The minimum Gasteiger partial charge on any atom is -0.389 e. The summed E-state index contributed by atoms with van der Waals surface area (Å²) in [5.41, 5.74) is 7.64. The van der Waals surface area contributed by atoms with E-state index in [-0.39, 0.29) is 0 Å². The van der Waals surface area contributed by atoms with Gasteiger partial charge in [-0.05, 0) is 30.3 Å². The normalized spacial score (nSPS) is 10.7. The van der Waals surface area contributed by atoms with E-state index in [0.717, 1.165) is 22.3 Å². The predicted molar refractivity (Wildman–Crippen MR) is 79.0 cm³/mol. The zero-order chi connectivity index (χ0) is 13.2. The third kappa shape index (κ3) is 2.32. The van der Waals surface area contributed by atoms with Crippen molar-refractivity contribution in [2.75, 3.05) is 0 Å². The molecule has 0 saturated carbocycles. The zero-order valence-electron chi connectivity index (χ0n) is 10.2. The van der Waals surface area contributed by atoms with E-state index in [0.29, 0.717) is 11.5 Å². The summed E-state index contributed by atoms with van der Waals surface area (Å²) in [4.78, 5) is 8.88. The van der Waals surface area contributed by atoms with Crippen LogP contribution in [0, 0.1) is 0 Å². The van der Waals surface area contributed by atoms with Crippen LogP contribution in [0.1, 0.15) is 11.4 Å². The number of benzene rings is 1. The molecule has 0 amide bonds. The summed E-state index contributed by atoms with van der Waals surface area (Å²) in [5.74, 6) is 0.790. The van der Waals surface area contributed by atoms with Crippen LogP contribution in [0.2, 0.25) is 0 Å². The molecule has 0 radical (unpaired) electrons. The number of hydrogen-bond donors (Lipinski definition) is 1. The third-order valence-electron chi connectivity index (χ3n) is 2.99. The zero-order valence-corrected chi connectivity index (χ0v) is 11.0. The molecule has 2 heterocycles. The minimum atomic E-state index is 0.418. The lowest BCUT2D eigenvalue weighted by atomic mass is 10.1. The van der Waals surface area contributed by atoms with Gasteiger partial charge in [-0.3, -0.25) is 0 Å². The molecule has 0 spiro atoms. The standard InChI is InChI=1S/C14H12N4S/c15-14(19)11-2-3-12-10(8-11)4-7-18(12)9-13-16-5-1-6-17-13/h1-8H,9H2,(H2,15,19). The predicted octanol–water partition coefficient (Wildman–Crippen LogP) is 2.11. The highest BCUT2D eigenvalue weighted by molar-refractivity contribution is 7.80. The van der Waals surface area contributed by atoms with Gasteiger partial charge in [0.05, 0.1) is 6.54 Å². The first-order valence-electron chi connectivity index (χ1n) is 5.88. The molecule has 0 aliphatic rings. The van der Waals surface area contributed by atoms with E-state index >= 15 is 0 Å². The second-order valence-electron chi connectivity index (χ2n) is 4.25. The molecule has 0 saturated heterocycles. The number of rotatable bonds is 3. The van der Waals surface area contributed by atoms with Gasteiger partial charge < -0.3 is 10.3 Å². The molecule has 0 aliphatic carbocycles. The van der Waals surface area contributed by atoms with Gasteiger partial charge in [0.25, 0.3) is 0 Å². The number of nitrogens with zero attached hydrogens (tertiary/aromatic N) is 3. The van der Waals surface area contributed by atoms with E-state index in [9.17, 15) is 0 Å². The first kappa shape index (κ1) is 11.8. The Bertz CT molecular complexity index is 734. The molecule has 2 N–H and O–H groups in total. The maximum atomic E-state index is 5.64. The lowest BCUT2D eigenvalue weighted by Crippen LogP contribution is -2.09. The maximum Gasteiger partial charge on any atom is 0.147 e. The largest absolute Gasteiger partial charge is 0.389 e. The summed E-state index contributed by atoms with van der Waals surface area (Å²) in [6.45, 7) is 0.650. The molecule has 19 heavy (non-hydrogen) atoms. The Morgan fingerprint density at radius 3 is 2.74 bits per heavy atom.